The lowest BCUT2D eigenvalue weighted by Gasteiger charge is -2.43. The highest BCUT2D eigenvalue weighted by Gasteiger charge is 2.42. The van der Waals surface area contributed by atoms with Crippen molar-refractivity contribution < 1.29 is 19.8 Å². The number of carbonyl (C=O) groups is 2. The number of aromatic nitrogens is 1. The smallest absolute Gasteiger partial charge is 0.300 e. The lowest BCUT2D eigenvalue weighted by Crippen LogP contribution is -2.61. The number of benzene rings is 2. The second-order valence-electron chi connectivity index (χ2n) is 7.83. The van der Waals surface area contributed by atoms with E-state index >= 15 is 0 Å². The molecule has 2 aromatic carbocycles. The van der Waals surface area contributed by atoms with E-state index < -0.39 is 17.6 Å². The zero-order valence-corrected chi connectivity index (χ0v) is 17.8. The molecule has 4 N–H and O–H groups in total. The lowest BCUT2D eigenvalue weighted by molar-refractivity contribution is -0.134. The van der Waals surface area contributed by atoms with Crippen LogP contribution in [0.2, 0.25) is 0 Å². The van der Waals surface area contributed by atoms with Gasteiger partial charge in [-0.05, 0) is 30.2 Å². The molecule has 1 aromatic heterocycles. The first-order valence-corrected chi connectivity index (χ1v) is 10.3. The summed E-state index contributed by atoms with van der Waals surface area (Å²) in [6.07, 6.45) is 2.28. The van der Waals surface area contributed by atoms with Crippen LogP contribution >= 0.6 is 0 Å². The van der Waals surface area contributed by atoms with Gasteiger partial charge in [-0.15, -0.1) is 0 Å². The Bertz CT molecular complexity index is 1040. The summed E-state index contributed by atoms with van der Waals surface area (Å²) in [5.41, 5.74) is 2.30. The molecule has 1 aliphatic rings. The van der Waals surface area contributed by atoms with Crippen LogP contribution in [0, 0.1) is 0 Å². The van der Waals surface area contributed by atoms with Crippen molar-refractivity contribution in [3.63, 3.8) is 0 Å². The number of carboxylic acid groups (broad SMARTS) is 1. The quantitative estimate of drug-likeness (QED) is 0.515. The molecule has 0 radical (unpaired) electrons. The average Bonchev–Trinajstić information content (AvgIpc) is 3.05. The van der Waals surface area contributed by atoms with Gasteiger partial charge in [0.15, 0.2) is 0 Å². The van der Waals surface area contributed by atoms with E-state index in [0.717, 1.165) is 35.5 Å². The van der Waals surface area contributed by atoms with Crippen molar-refractivity contribution >= 4 is 22.8 Å². The number of fused-ring (bicyclic) bond motifs is 1. The van der Waals surface area contributed by atoms with Gasteiger partial charge in [0, 0.05) is 37.6 Å². The van der Waals surface area contributed by atoms with Crippen molar-refractivity contribution in [1.29, 1.82) is 0 Å². The molecule has 0 unspecified atom stereocenters. The number of aliphatic carboxylic acids is 1. The Morgan fingerprint density at radius 3 is 2.48 bits per heavy atom. The van der Waals surface area contributed by atoms with Crippen LogP contribution in [-0.4, -0.2) is 45.9 Å². The minimum absolute atomic E-state index is 0.0730. The molecule has 164 valence electrons. The van der Waals surface area contributed by atoms with Gasteiger partial charge < -0.3 is 25.4 Å². The monoisotopic (exact) mass is 423 g/mol. The molecule has 3 aromatic rings. The first-order valence-electron chi connectivity index (χ1n) is 10.3. The largest absolute Gasteiger partial charge is 0.481 e. The normalized spacial score (nSPS) is 20.5. The number of nitrogens with one attached hydrogen (secondary N) is 2. The van der Waals surface area contributed by atoms with Gasteiger partial charge in [0.1, 0.15) is 0 Å². The summed E-state index contributed by atoms with van der Waals surface area (Å²) in [7, 11) is 1.99. The van der Waals surface area contributed by atoms with Crippen LogP contribution in [0.15, 0.2) is 60.8 Å². The lowest BCUT2D eigenvalue weighted by atomic mass is 9.79. The number of carboxylic acids is 1. The predicted molar refractivity (Wildman–Crippen MR) is 120 cm³/mol. The third-order valence-electron chi connectivity index (χ3n) is 5.58. The summed E-state index contributed by atoms with van der Waals surface area (Å²) in [5, 5.41) is 25.7. The van der Waals surface area contributed by atoms with Gasteiger partial charge in [0.25, 0.3) is 5.97 Å². The molecule has 4 rings (SSSR count). The number of amides is 1. The summed E-state index contributed by atoms with van der Waals surface area (Å²) in [6.45, 7) is 2.30. The van der Waals surface area contributed by atoms with E-state index in [2.05, 4.69) is 16.7 Å². The average molecular weight is 424 g/mol. The van der Waals surface area contributed by atoms with Gasteiger partial charge in [0.2, 0.25) is 5.91 Å². The minimum Gasteiger partial charge on any atom is -0.481 e. The Balaban J connectivity index is 0.000000628. The summed E-state index contributed by atoms with van der Waals surface area (Å²) < 4.78 is 2.05. The van der Waals surface area contributed by atoms with Crippen LogP contribution in [0.5, 0.6) is 0 Å². The first kappa shape index (κ1) is 22.5. The zero-order chi connectivity index (χ0) is 22.4. The molecule has 1 aliphatic heterocycles. The van der Waals surface area contributed by atoms with Crippen LogP contribution in [-0.2, 0) is 28.6 Å². The van der Waals surface area contributed by atoms with Crippen LogP contribution in [0.1, 0.15) is 24.5 Å². The summed E-state index contributed by atoms with van der Waals surface area (Å²) >= 11 is 0. The Morgan fingerprint density at radius 2 is 1.81 bits per heavy atom. The van der Waals surface area contributed by atoms with Crippen molar-refractivity contribution in [2.45, 2.75) is 31.4 Å². The molecular formula is C24H29N3O4. The van der Waals surface area contributed by atoms with Gasteiger partial charge in [-0.3, -0.25) is 9.59 Å². The van der Waals surface area contributed by atoms with Gasteiger partial charge in [-0.25, -0.2) is 0 Å². The fourth-order valence-electron chi connectivity index (χ4n) is 4.19. The number of rotatable bonds is 4. The molecule has 1 saturated heterocycles. The molecule has 0 bridgehead atoms. The Kier molecular flexibility index (Phi) is 7.09. The standard InChI is InChI=1S/C22H25N3O2.C2H4O2/c1-25-15-16(18-9-5-6-10-19(18)25)13-21(27)24-22(11-12-23-14-20(22)26)17-7-3-2-4-8-17;1-2(3)4/h2-10,15,20,23,26H,11-14H2,1H3,(H,24,27);1H3,(H,3,4)/t20-,22-;/m1./s1. The molecule has 0 saturated carbocycles. The third kappa shape index (κ3) is 5.13. The second-order valence-corrected chi connectivity index (χ2v) is 7.83. The Labute approximate surface area is 181 Å². The van der Waals surface area contributed by atoms with Crippen LogP contribution in [0.3, 0.4) is 0 Å². The van der Waals surface area contributed by atoms with Crippen molar-refractivity contribution in [1.82, 2.24) is 15.2 Å². The molecule has 1 amide bonds. The number of piperidine rings is 1. The number of hydrogen-bond donors (Lipinski definition) is 4. The van der Waals surface area contributed by atoms with Crippen molar-refractivity contribution in [2.24, 2.45) is 7.05 Å². The Hall–Kier alpha value is -3.16. The highest BCUT2D eigenvalue weighted by molar-refractivity contribution is 5.89. The summed E-state index contributed by atoms with van der Waals surface area (Å²) in [5.74, 6) is -0.906. The number of carbonyl (C=O) groups excluding carboxylic acids is 1. The minimum atomic E-state index is -0.833. The zero-order valence-electron chi connectivity index (χ0n) is 17.8. The maximum atomic E-state index is 13.0. The third-order valence-corrected chi connectivity index (χ3v) is 5.58. The number of β-amino-alcohol motifs (C(OH)–C–C–N with tert-alkyl or cyclic N) is 1. The van der Waals surface area contributed by atoms with Crippen molar-refractivity contribution in [2.75, 3.05) is 13.1 Å². The van der Waals surface area contributed by atoms with Crippen LogP contribution in [0.25, 0.3) is 10.9 Å². The molecule has 2 heterocycles. The number of nitrogens with zero attached hydrogens (tertiary/aromatic N) is 1. The number of aliphatic hydroxyl groups is 1. The fourth-order valence-corrected chi connectivity index (χ4v) is 4.19. The van der Waals surface area contributed by atoms with Crippen LogP contribution < -0.4 is 10.6 Å². The SMILES string of the molecule is CC(=O)O.Cn1cc(CC(=O)N[C@@]2(c3ccccc3)CCNC[C@H]2O)c2ccccc21. The number of aliphatic hydroxyl groups excluding tert-OH is 1. The molecule has 2 atom stereocenters. The maximum absolute atomic E-state index is 13.0. The fraction of sp³-hybridized carbons (Fsp3) is 0.333. The first-order chi connectivity index (χ1) is 14.8. The van der Waals surface area contributed by atoms with Crippen molar-refractivity contribution in [3.05, 3.63) is 71.9 Å². The van der Waals surface area contributed by atoms with E-state index in [-0.39, 0.29) is 12.3 Å². The molecule has 31 heavy (non-hydrogen) atoms. The molecule has 7 heteroatoms. The predicted octanol–water partition coefficient (Wildman–Crippen LogP) is 2.18. The summed E-state index contributed by atoms with van der Waals surface area (Å²) in [6, 6.07) is 17.9. The number of para-hydroxylation sites is 1. The van der Waals surface area contributed by atoms with E-state index in [9.17, 15) is 9.90 Å². The molecule has 0 spiro atoms. The van der Waals surface area contributed by atoms with E-state index in [1.54, 1.807) is 0 Å². The maximum Gasteiger partial charge on any atom is 0.300 e. The topological polar surface area (TPSA) is 104 Å². The van der Waals surface area contributed by atoms with Gasteiger partial charge in [0.05, 0.1) is 18.1 Å². The highest BCUT2D eigenvalue weighted by Crippen LogP contribution is 2.31. The van der Waals surface area contributed by atoms with E-state index in [4.69, 9.17) is 9.90 Å². The second kappa shape index (κ2) is 9.76. The Morgan fingerprint density at radius 1 is 1.16 bits per heavy atom. The molecule has 7 nitrogen and oxygen atoms in total. The van der Waals surface area contributed by atoms with Gasteiger partial charge >= 0.3 is 0 Å². The van der Waals surface area contributed by atoms with E-state index in [0.29, 0.717) is 13.0 Å². The van der Waals surface area contributed by atoms with E-state index in [1.165, 1.54) is 0 Å². The highest BCUT2D eigenvalue weighted by atomic mass is 16.4. The molecule has 0 aliphatic carbocycles. The van der Waals surface area contributed by atoms with Crippen molar-refractivity contribution in [3.8, 4) is 0 Å². The molecular weight excluding hydrogens is 394 g/mol. The van der Waals surface area contributed by atoms with Crippen LogP contribution in [0.4, 0.5) is 0 Å². The number of hydrogen-bond acceptors (Lipinski definition) is 4. The summed E-state index contributed by atoms with van der Waals surface area (Å²) in [4.78, 5) is 22.0. The molecule has 1 fully saturated rings. The number of aryl methyl sites for hydroxylation is 1. The van der Waals surface area contributed by atoms with Gasteiger partial charge in [-0.2, -0.15) is 0 Å². The van der Waals surface area contributed by atoms with E-state index in [1.807, 2.05) is 66.3 Å². The van der Waals surface area contributed by atoms with Gasteiger partial charge in [-0.1, -0.05) is 48.5 Å².